The van der Waals surface area contributed by atoms with Gasteiger partial charge in [0, 0.05) is 6.16 Å². The van der Waals surface area contributed by atoms with E-state index >= 15 is 0 Å². The average molecular weight is 392 g/mol. The Bertz CT molecular complexity index is 580. The molecule has 0 radical (unpaired) electrons. The smallest absolute Gasteiger partial charge is 0.335 e. The van der Waals surface area contributed by atoms with E-state index in [1.165, 1.54) is 16.7 Å². The van der Waals surface area contributed by atoms with E-state index in [1.54, 1.807) is 0 Å². The van der Waals surface area contributed by atoms with Gasteiger partial charge in [-0.05, 0) is 66.2 Å². The highest BCUT2D eigenvalue weighted by molar-refractivity contribution is 7.72. The van der Waals surface area contributed by atoms with E-state index in [9.17, 15) is 14.0 Å². The summed E-state index contributed by atoms with van der Waals surface area (Å²) in [7, 11) is -8.16. The SMILES string of the molecule is CC(C)=CCC/C(C)=C/CC/C(C)=C/CCCP(=O)(O)CP(=O)(O)O. The summed E-state index contributed by atoms with van der Waals surface area (Å²) in [6, 6.07) is 0. The van der Waals surface area contributed by atoms with E-state index in [-0.39, 0.29) is 6.16 Å². The predicted octanol–water partition coefficient (Wildman–Crippen LogP) is 5.59. The molecule has 0 aliphatic rings. The second-order valence-electron chi connectivity index (χ2n) is 6.98. The molecule has 0 saturated carbocycles. The first-order chi connectivity index (χ1) is 11.4. The van der Waals surface area contributed by atoms with Crippen LogP contribution < -0.4 is 0 Å². The van der Waals surface area contributed by atoms with Crippen molar-refractivity contribution in [1.82, 2.24) is 0 Å². The van der Waals surface area contributed by atoms with Gasteiger partial charge in [0.2, 0.25) is 7.37 Å². The minimum Gasteiger partial charge on any atom is -0.344 e. The van der Waals surface area contributed by atoms with Gasteiger partial charge in [0.1, 0.15) is 5.90 Å². The molecule has 0 bridgehead atoms. The van der Waals surface area contributed by atoms with Crippen molar-refractivity contribution in [2.24, 2.45) is 0 Å². The standard InChI is InChI=1S/C18H34O5P2/c1-16(2)9-7-11-18(4)13-8-12-17(3)10-5-6-14-24(19,20)15-25(21,22)23/h9-10,13H,5-8,11-12,14-15H2,1-4H3,(H,19,20)(H2,21,22,23)/b17-10+,18-13+. The lowest BCUT2D eigenvalue weighted by atomic mass is 10.1. The van der Waals surface area contributed by atoms with Crippen LogP contribution in [0.5, 0.6) is 0 Å². The number of unbranched alkanes of at least 4 members (excludes halogenated alkanes) is 1. The monoisotopic (exact) mass is 392 g/mol. The van der Waals surface area contributed by atoms with Crippen LogP contribution in [0.3, 0.4) is 0 Å². The Hall–Kier alpha value is -0.440. The number of hydrogen-bond donors (Lipinski definition) is 3. The Morgan fingerprint density at radius 2 is 1.28 bits per heavy atom. The maximum Gasteiger partial charge on any atom is 0.335 e. The first-order valence-corrected chi connectivity index (χ1v) is 12.5. The van der Waals surface area contributed by atoms with Crippen LogP contribution in [0.1, 0.15) is 66.2 Å². The molecular formula is C18H34O5P2. The van der Waals surface area contributed by atoms with Gasteiger partial charge in [-0.2, -0.15) is 0 Å². The van der Waals surface area contributed by atoms with Crippen LogP contribution in [0.2, 0.25) is 0 Å². The van der Waals surface area contributed by atoms with E-state index in [0.29, 0.717) is 12.8 Å². The van der Waals surface area contributed by atoms with Gasteiger partial charge >= 0.3 is 7.60 Å². The molecule has 1 atom stereocenters. The molecule has 0 amide bonds. The second kappa shape index (κ2) is 12.0. The minimum atomic E-state index is -4.43. The molecule has 0 aromatic heterocycles. The summed E-state index contributed by atoms with van der Waals surface area (Å²) >= 11 is 0. The lowest BCUT2D eigenvalue weighted by Gasteiger charge is -2.11. The van der Waals surface area contributed by atoms with Crippen LogP contribution in [0.15, 0.2) is 34.9 Å². The predicted molar refractivity (Wildman–Crippen MR) is 106 cm³/mol. The molecule has 0 saturated heterocycles. The lowest BCUT2D eigenvalue weighted by Crippen LogP contribution is -1.95. The summed E-state index contributed by atoms with van der Waals surface area (Å²) in [5.74, 6) is -0.917. The summed E-state index contributed by atoms with van der Waals surface area (Å²) in [6.07, 6.45) is 11.7. The van der Waals surface area contributed by atoms with Gasteiger partial charge in [0.25, 0.3) is 0 Å². The molecule has 3 N–H and O–H groups in total. The molecule has 5 nitrogen and oxygen atoms in total. The minimum absolute atomic E-state index is 0.0503. The van der Waals surface area contributed by atoms with E-state index in [0.717, 1.165) is 25.7 Å². The molecule has 0 fully saturated rings. The van der Waals surface area contributed by atoms with E-state index in [2.05, 4.69) is 32.9 Å². The summed E-state index contributed by atoms with van der Waals surface area (Å²) < 4.78 is 22.5. The third-order valence-electron chi connectivity index (χ3n) is 3.73. The molecule has 25 heavy (non-hydrogen) atoms. The molecule has 0 aromatic carbocycles. The van der Waals surface area contributed by atoms with Crippen molar-refractivity contribution in [3.63, 3.8) is 0 Å². The number of allylic oxidation sites excluding steroid dienone is 6. The van der Waals surface area contributed by atoms with Crippen molar-refractivity contribution in [3.05, 3.63) is 34.9 Å². The first-order valence-electron chi connectivity index (χ1n) is 8.71. The van der Waals surface area contributed by atoms with Crippen molar-refractivity contribution < 1.29 is 23.8 Å². The molecule has 0 heterocycles. The van der Waals surface area contributed by atoms with Gasteiger partial charge in [-0.3, -0.25) is 9.13 Å². The Balaban J connectivity index is 4.08. The maximum absolute atomic E-state index is 11.7. The van der Waals surface area contributed by atoms with E-state index in [1.807, 2.05) is 13.0 Å². The van der Waals surface area contributed by atoms with Gasteiger partial charge in [0.05, 0.1) is 0 Å². The molecule has 0 rings (SSSR count). The third kappa shape index (κ3) is 16.8. The zero-order valence-electron chi connectivity index (χ0n) is 15.9. The van der Waals surface area contributed by atoms with Gasteiger partial charge in [-0.1, -0.05) is 34.9 Å². The van der Waals surface area contributed by atoms with E-state index in [4.69, 9.17) is 9.79 Å². The fraction of sp³-hybridized carbons (Fsp3) is 0.667. The maximum atomic E-state index is 11.7. The van der Waals surface area contributed by atoms with Crippen LogP contribution in [0.4, 0.5) is 0 Å². The topological polar surface area (TPSA) is 94.8 Å². The largest absolute Gasteiger partial charge is 0.344 e. The highest BCUT2D eigenvalue weighted by Crippen LogP contribution is 2.54. The Morgan fingerprint density at radius 1 is 0.800 bits per heavy atom. The molecule has 0 aliphatic carbocycles. The Kier molecular flexibility index (Phi) is 11.8. The van der Waals surface area contributed by atoms with Crippen molar-refractivity contribution in [3.8, 4) is 0 Å². The van der Waals surface area contributed by atoms with Gasteiger partial charge < -0.3 is 14.7 Å². The van der Waals surface area contributed by atoms with Crippen molar-refractivity contribution in [2.75, 3.05) is 12.1 Å². The molecule has 0 spiro atoms. The normalized spacial score (nSPS) is 15.8. The summed E-state index contributed by atoms with van der Waals surface area (Å²) in [6.45, 7) is 8.41. The Morgan fingerprint density at radius 3 is 1.76 bits per heavy atom. The molecule has 0 aromatic rings. The van der Waals surface area contributed by atoms with E-state index < -0.39 is 20.9 Å². The molecule has 146 valence electrons. The zero-order valence-corrected chi connectivity index (χ0v) is 17.7. The lowest BCUT2D eigenvalue weighted by molar-refractivity contribution is 0.376. The molecule has 0 aliphatic heterocycles. The summed E-state index contributed by atoms with van der Waals surface area (Å²) in [5.41, 5.74) is 3.97. The number of hydrogen-bond acceptors (Lipinski definition) is 2. The average Bonchev–Trinajstić information content (AvgIpc) is 2.40. The molecule has 7 heteroatoms. The fourth-order valence-corrected chi connectivity index (χ4v) is 5.93. The van der Waals surface area contributed by atoms with Gasteiger partial charge in [0.15, 0.2) is 0 Å². The van der Waals surface area contributed by atoms with Crippen LogP contribution in [0.25, 0.3) is 0 Å². The zero-order chi connectivity index (χ0) is 19.5. The summed E-state index contributed by atoms with van der Waals surface area (Å²) in [5, 5.41) is 0. The molecule has 1 unspecified atom stereocenters. The quantitative estimate of drug-likeness (QED) is 0.229. The fourth-order valence-electron chi connectivity index (χ4n) is 2.38. The molecular weight excluding hydrogens is 358 g/mol. The third-order valence-corrected chi connectivity index (χ3v) is 7.99. The van der Waals surface area contributed by atoms with Gasteiger partial charge in [-0.25, -0.2) is 0 Å². The number of rotatable bonds is 12. The first kappa shape index (κ1) is 24.6. The van der Waals surface area contributed by atoms with Crippen molar-refractivity contribution >= 4 is 15.0 Å². The highest BCUT2D eigenvalue weighted by Gasteiger charge is 2.28. The second-order valence-corrected chi connectivity index (χ2v) is 11.6. The van der Waals surface area contributed by atoms with Crippen molar-refractivity contribution in [1.29, 1.82) is 0 Å². The van der Waals surface area contributed by atoms with Crippen LogP contribution in [0, 0.1) is 0 Å². The summed E-state index contributed by atoms with van der Waals surface area (Å²) in [4.78, 5) is 27.1. The Labute approximate surface area is 152 Å². The van der Waals surface area contributed by atoms with Gasteiger partial charge in [-0.15, -0.1) is 0 Å². The van der Waals surface area contributed by atoms with Crippen LogP contribution in [-0.2, 0) is 9.13 Å². The highest BCUT2D eigenvalue weighted by atomic mass is 31.2. The van der Waals surface area contributed by atoms with Crippen LogP contribution >= 0.6 is 15.0 Å². The van der Waals surface area contributed by atoms with Crippen molar-refractivity contribution in [2.45, 2.75) is 66.2 Å². The van der Waals surface area contributed by atoms with Crippen LogP contribution in [-0.4, -0.2) is 26.7 Å².